The van der Waals surface area contributed by atoms with E-state index in [1.807, 2.05) is 18.4 Å². The van der Waals surface area contributed by atoms with Gasteiger partial charge in [0, 0.05) is 29.1 Å². The van der Waals surface area contributed by atoms with Gasteiger partial charge in [0.25, 0.3) is 0 Å². The standard InChI is InChI=1S/C24H21N3O4/c1-24(2)19-8-15(31-12-14(29)11-28)5-7-16(19)22(30)20-17-6-4-13(9-25)18(10-26)21(17)27(3)23(20)24/h4-8,14,28-29H,11-12H2,1-3H3/t14-/m1/s1. The second-order valence-electron chi connectivity index (χ2n) is 8.20. The van der Waals surface area contributed by atoms with Crippen LogP contribution in [0.25, 0.3) is 10.9 Å². The number of aliphatic hydroxyl groups excluding tert-OH is 2. The Hall–Kier alpha value is -3.65. The summed E-state index contributed by atoms with van der Waals surface area (Å²) in [5, 5.41) is 38.3. The average molecular weight is 415 g/mol. The molecule has 0 saturated heterocycles. The molecule has 156 valence electrons. The van der Waals surface area contributed by atoms with Crippen molar-refractivity contribution in [1.29, 1.82) is 10.5 Å². The highest BCUT2D eigenvalue weighted by Gasteiger charge is 2.41. The number of aliphatic hydroxyl groups is 2. The molecule has 0 radical (unpaired) electrons. The molecule has 1 heterocycles. The van der Waals surface area contributed by atoms with Crippen molar-refractivity contribution in [2.24, 2.45) is 7.05 Å². The third-order valence-corrected chi connectivity index (χ3v) is 5.97. The molecule has 1 aromatic heterocycles. The van der Waals surface area contributed by atoms with Gasteiger partial charge in [0.15, 0.2) is 5.78 Å². The van der Waals surface area contributed by atoms with Crippen LogP contribution >= 0.6 is 0 Å². The molecule has 0 saturated carbocycles. The first kappa shape index (κ1) is 20.6. The van der Waals surface area contributed by atoms with Crippen molar-refractivity contribution in [2.45, 2.75) is 25.4 Å². The fraction of sp³-hybridized carbons (Fsp3) is 0.292. The van der Waals surface area contributed by atoms with Crippen LogP contribution in [0.3, 0.4) is 0 Å². The number of rotatable bonds is 4. The van der Waals surface area contributed by atoms with Gasteiger partial charge in [-0.3, -0.25) is 4.79 Å². The number of hydrogen-bond acceptors (Lipinski definition) is 6. The quantitative estimate of drug-likeness (QED) is 0.676. The van der Waals surface area contributed by atoms with Crippen LogP contribution in [-0.4, -0.2) is 39.9 Å². The fourth-order valence-corrected chi connectivity index (χ4v) is 4.55. The molecule has 0 amide bonds. The van der Waals surface area contributed by atoms with Crippen molar-refractivity contribution < 1.29 is 19.7 Å². The Morgan fingerprint density at radius 3 is 2.58 bits per heavy atom. The third kappa shape index (κ3) is 2.90. The molecule has 0 aliphatic heterocycles. The molecule has 1 atom stereocenters. The Balaban J connectivity index is 1.95. The highest BCUT2D eigenvalue weighted by molar-refractivity contribution is 6.20. The summed E-state index contributed by atoms with van der Waals surface area (Å²) in [5.74, 6) is 0.337. The van der Waals surface area contributed by atoms with Crippen LogP contribution in [-0.2, 0) is 12.5 Å². The van der Waals surface area contributed by atoms with Crippen molar-refractivity contribution >= 4 is 16.7 Å². The molecule has 2 N–H and O–H groups in total. The Labute approximate surface area is 179 Å². The van der Waals surface area contributed by atoms with Gasteiger partial charge < -0.3 is 19.5 Å². The molecule has 0 unspecified atom stereocenters. The Bertz CT molecular complexity index is 1320. The smallest absolute Gasteiger partial charge is 0.195 e. The van der Waals surface area contributed by atoms with Crippen LogP contribution in [0.15, 0.2) is 30.3 Å². The molecule has 0 spiro atoms. The number of fused-ring (bicyclic) bond motifs is 4. The van der Waals surface area contributed by atoms with Gasteiger partial charge in [-0.05, 0) is 29.8 Å². The fourth-order valence-electron chi connectivity index (χ4n) is 4.55. The molecule has 1 aliphatic carbocycles. The van der Waals surface area contributed by atoms with Gasteiger partial charge in [0.05, 0.1) is 28.8 Å². The van der Waals surface area contributed by atoms with Gasteiger partial charge in [-0.25, -0.2) is 0 Å². The summed E-state index contributed by atoms with van der Waals surface area (Å²) in [5.41, 5.74) is 3.12. The maximum atomic E-state index is 13.5. The minimum Gasteiger partial charge on any atom is -0.491 e. The van der Waals surface area contributed by atoms with E-state index < -0.39 is 18.1 Å². The molecular formula is C24H21N3O4. The second-order valence-corrected chi connectivity index (χ2v) is 8.20. The van der Waals surface area contributed by atoms with Crippen molar-refractivity contribution in [3.8, 4) is 17.9 Å². The van der Waals surface area contributed by atoms with E-state index in [1.54, 1.807) is 37.4 Å². The van der Waals surface area contributed by atoms with Crippen molar-refractivity contribution in [3.63, 3.8) is 0 Å². The summed E-state index contributed by atoms with van der Waals surface area (Å²) in [7, 11) is 1.81. The minimum absolute atomic E-state index is 0.0641. The zero-order valence-corrected chi connectivity index (χ0v) is 17.4. The van der Waals surface area contributed by atoms with E-state index in [0.29, 0.717) is 27.8 Å². The summed E-state index contributed by atoms with van der Waals surface area (Å²) in [6.07, 6.45) is -0.991. The number of carbonyl (C=O) groups excluding carboxylic acids is 1. The molecular weight excluding hydrogens is 394 g/mol. The Morgan fingerprint density at radius 1 is 1.19 bits per heavy atom. The van der Waals surface area contributed by atoms with E-state index in [9.17, 15) is 20.4 Å². The predicted octanol–water partition coefficient (Wildman–Crippen LogP) is 2.52. The lowest BCUT2D eigenvalue weighted by atomic mass is 9.71. The van der Waals surface area contributed by atoms with Gasteiger partial charge in [-0.2, -0.15) is 10.5 Å². The molecule has 31 heavy (non-hydrogen) atoms. The number of hydrogen-bond donors (Lipinski definition) is 2. The molecule has 3 aromatic rings. The van der Waals surface area contributed by atoms with Crippen LogP contribution in [0.2, 0.25) is 0 Å². The van der Waals surface area contributed by atoms with E-state index >= 15 is 0 Å². The van der Waals surface area contributed by atoms with Gasteiger partial charge in [0.2, 0.25) is 0 Å². The first-order valence-electron chi connectivity index (χ1n) is 9.83. The first-order valence-corrected chi connectivity index (χ1v) is 9.83. The van der Waals surface area contributed by atoms with Crippen molar-refractivity contribution in [1.82, 2.24) is 4.57 Å². The van der Waals surface area contributed by atoms with Crippen LogP contribution in [0, 0.1) is 22.7 Å². The minimum atomic E-state index is -0.991. The van der Waals surface area contributed by atoms with Crippen molar-refractivity contribution in [2.75, 3.05) is 13.2 Å². The van der Waals surface area contributed by atoms with Gasteiger partial charge in [-0.15, -0.1) is 0 Å². The highest BCUT2D eigenvalue weighted by Crippen LogP contribution is 2.46. The number of carbonyl (C=O) groups is 1. The predicted molar refractivity (Wildman–Crippen MR) is 113 cm³/mol. The maximum Gasteiger partial charge on any atom is 0.195 e. The zero-order valence-electron chi connectivity index (χ0n) is 17.4. The number of ketones is 1. The van der Waals surface area contributed by atoms with E-state index in [2.05, 4.69) is 12.1 Å². The molecule has 0 bridgehead atoms. The summed E-state index contributed by atoms with van der Waals surface area (Å²) in [6.45, 7) is 3.53. The van der Waals surface area contributed by atoms with E-state index in [-0.39, 0.29) is 23.5 Å². The molecule has 4 rings (SSSR count). The number of aromatic nitrogens is 1. The van der Waals surface area contributed by atoms with Crippen LogP contribution in [0.4, 0.5) is 0 Å². The molecule has 2 aromatic carbocycles. The number of aryl methyl sites for hydroxylation is 1. The second kappa shape index (κ2) is 7.24. The number of benzene rings is 2. The SMILES string of the molecule is Cn1c2c(c3ccc(C#N)c(C#N)c31)C(=O)c1ccc(OC[C@H](O)CO)cc1C2(C)C. The normalized spacial score (nSPS) is 15.0. The van der Waals surface area contributed by atoms with Gasteiger partial charge in [-0.1, -0.05) is 19.9 Å². The number of nitriles is 2. The monoisotopic (exact) mass is 415 g/mol. The van der Waals surface area contributed by atoms with Crippen molar-refractivity contribution in [3.05, 3.63) is 63.8 Å². The summed E-state index contributed by atoms with van der Waals surface area (Å²) < 4.78 is 7.43. The average Bonchev–Trinajstić information content (AvgIpc) is 3.08. The summed E-state index contributed by atoms with van der Waals surface area (Å²) in [6, 6.07) is 12.7. The Morgan fingerprint density at radius 2 is 1.94 bits per heavy atom. The third-order valence-electron chi connectivity index (χ3n) is 5.97. The van der Waals surface area contributed by atoms with E-state index in [4.69, 9.17) is 9.84 Å². The molecule has 0 fully saturated rings. The van der Waals surface area contributed by atoms with Gasteiger partial charge >= 0.3 is 0 Å². The lowest BCUT2D eigenvalue weighted by molar-refractivity contribution is 0.0535. The number of nitrogens with zero attached hydrogens (tertiary/aromatic N) is 3. The molecule has 7 nitrogen and oxygen atoms in total. The lowest BCUT2D eigenvalue weighted by Crippen LogP contribution is -2.32. The first-order chi connectivity index (χ1) is 14.8. The van der Waals surface area contributed by atoms with Crippen LogP contribution in [0.1, 0.15) is 52.2 Å². The number of ether oxygens (including phenoxy) is 1. The molecule has 7 heteroatoms. The van der Waals surface area contributed by atoms with E-state index in [1.165, 1.54) is 0 Å². The zero-order chi connectivity index (χ0) is 22.5. The summed E-state index contributed by atoms with van der Waals surface area (Å²) in [4.78, 5) is 13.5. The summed E-state index contributed by atoms with van der Waals surface area (Å²) >= 11 is 0. The van der Waals surface area contributed by atoms with Crippen LogP contribution < -0.4 is 4.74 Å². The Kier molecular flexibility index (Phi) is 4.82. The topological polar surface area (TPSA) is 119 Å². The van der Waals surface area contributed by atoms with Gasteiger partial charge in [0.1, 0.15) is 30.6 Å². The van der Waals surface area contributed by atoms with E-state index in [0.717, 1.165) is 11.3 Å². The van der Waals surface area contributed by atoms with Crippen LogP contribution in [0.5, 0.6) is 5.75 Å². The lowest BCUT2D eigenvalue weighted by Gasteiger charge is -2.34. The highest BCUT2D eigenvalue weighted by atomic mass is 16.5. The molecule has 1 aliphatic rings. The largest absolute Gasteiger partial charge is 0.491 e. The maximum absolute atomic E-state index is 13.5.